The Balaban J connectivity index is 1.93. The van der Waals surface area contributed by atoms with E-state index in [1.165, 1.54) is 0 Å². The first-order chi connectivity index (χ1) is 9.65. The molecular weight excluding hydrogens is 276 g/mol. The van der Waals surface area contributed by atoms with Crippen molar-refractivity contribution in [3.63, 3.8) is 0 Å². The van der Waals surface area contributed by atoms with Crippen LogP contribution in [0.25, 0.3) is 11.3 Å². The predicted octanol–water partition coefficient (Wildman–Crippen LogP) is 2.22. The summed E-state index contributed by atoms with van der Waals surface area (Å²) in [5.41, 5.74) is 2.09. The van der Waals surface area contributed by atoms with Gasteiger partial charge in [-0.2, -0.15) is 0 Å². The number of rotatable bonds is 2. The second-order valence-corrected chi connectivity index (χ2v) is 5.18. The summed E-state index contributed by atoms with van der Waals surface area (Å²) >= 11 is 6.11. The van der Waals surface area contributed by atoms with Crippen molar-refractivity contribution in [2.75, 3.05) is 13.1 Å². The van der Waals surface area contributed by atoms with Crippen molar-refractivity contribution in [1.29, 1.82) is 0 Å². The molecule has 20 heavy (non-hydrogen) atoms. The van der Waals surface area contributed by atoms with Gasteiger partial charge in [0.2, 0.25) is 0 Å². The molecule has 2 heterocycles. The maximum absolute atomic E-state index is 12.3. The molecule has 0 aliphatic carbocycles. The fraction of sp³-hybridized carbons (Fsp3) is 0.200. The van der Waals surface area contributed by atoms with Crippen LogP contribution in [-0.4, -0.2) is 40.1 Å². The number of halogens is 1. The molecule has 0 radical (unpaired) electrons. The van der Waals surface area contributed by atoms with Crippen LogP contribution in [0.3, 0.4) is 0 Å². The lowest BCUT2D eigenvalue weighted by atomic mass is 10.0. The molecule has 1 aliphatic heterocycles. The van der Waals surface area contributed by atoms with Crippen molar-refractivity contribution in [2.24, 2.45) is 0 Å². The molecule has 0 unspecified atom stereocenters. The van der Waals surface area contributed by atoms with Crippen LogP contribution in [0.15, 0.2) is 42.6 Å². The normalized spacial score (nSPS) is 15.0. The lowest BCUT2D eigenvalue weighted by Gasteiger charge is -2.36. The highest BCUT2D eigenvalue weighted by Crippen LogP contribution is 2.26. The Hall–Kier alpha value is -1.91. The molecule has 1 amide bonds. The van der Waals surface area contributed by atoms with Crippen LogP contribution >= 0.6 is 11.6 Å². The van der Waals surface area contributed by atoms with E-state index in [1.807, 2.05) is 24.3 Å². The van der Waals surface area contributed by atoms with Gasteiger partial charge in [-0.25, -0.2) is 0 Å². The molecule has 2 aromatic rings. The van der Waals surface area contributed by atoms with E-state index in [0.29, 0.717) is 23.7 Å². The van der Waals surface area contributed by atoms with Gasteiger partial charge in [0.15, 0.2) is 0 Å². The molecule has 1 N–H and O–H groups in total. The summed E-state index contributed by atoms with van der Waals surface area (Å²) in [5, 5.41) is 9.69. The Morgan fingerprint density at radius 2 is 2.10 bits per heavy atom. The van der Waals surface area contributed by atoms with Crippen LogP contribution in [0, 0.1) is 0 Å². The number of aliphatic hydroxyl groups excluding tert-OH is 1. The third-order valence-electron chi connectivity index (χ3n) is 3.31. The first kappa shape index (κ1) is 13.1. The molecule has 0 saturated carbocycles. The molecule has 3 rings (SSSR count). The fourth-order valence-electron chi connectivity index (χ4n) is 2.17. The standard InChI is InChI=1S/C15H13ClN2O2/c16-13-5-4-10(14-3-1-2-6-17-14)7-12(13)15(20)18-8-11(19)9-18/h1-7,11,19H,8-9H2. The number of aromatic nitrogens is 1. The molecule has 5 heteroatoms. The number of nitrogens with zero attached hydrogens (tertiary/aromatic N) is 2. The zero-order valence-electron chi connectivity index (χ0n) is 10.7. The van der Waals surface area contributed by atoms with Gasteiger partial charge in [-0.1, -0.05) is 23.7 Å². The third-order valence-corrected chi connectivity index (χ3v) is 3.64. The number of pyridine rings is 1. The number of benzene rings is 1. The number of likely N-dealkylation sites (tertiary alicyclic amines) is 1. The predicted molar refractivity (Wildman–Crippen MR) is 76.6 cm³/mol. The van der Waals surface area contributed by atoms with Crippen LogP contribution in [0.5, 0.6) is 0 Å². The molecule has 0 bridgehead atoms. The summed E-state index contributed by atoms with van der Waals surface area (Å²) in [6.45, 7) is 0.728. The monoisotopic (exact) mass is 288 g/mol. The molecule has 1 fully saturated rings. The van der Waals surface area contributed by atoms with Gasteiger partial charge < -0.3 is 10.0 Å². The Kier molecular flexibility index (Phi) is 3.42. The van der Waals surface area contributed by atoms with E-state index >= 15 is 0 Å². The zero-order chi connectivity index (χ0) is 14.1. The molecule has 1 aromatic carbocycles. The Morgan fingerprint density at radius 3 is 2.75 bits per heavy atom. The maximum atomic E-state index is 12.3. The Bertz CT molecular complexity index is 640. The molecule has 0 spiro atoms. The second kappa shape index (κ2) is 5.23. The third kappa shape index (κ3) is 2.40. The number of carbonyl (C=O) groups is 1. The molecule has 102 valence electrons. The maximum Gasteiger partial charge on any atom is 0.255 e. The highest BCUT2D eigenvalue weighted by Gasteiger charge is 2.30. The van der Waals surface area contributed by atoms with E-state index in [-0.39, 0.29) is 5.91 Å². The van der Waals surface area contributed by atoms with Crippen molar-refractivity contribution < 1.29 is 9.90 Å². The van der Waals surface area contributed by atoms with Crippen LogP contribution in [0.4, 0.5) is 0 Å². The summed E-state index contributed by atoms with van der Waals surface area (Å²) in [4.78, 5) is 18.1. The van der Waals surface area contributed by atoms with Crippen molar-refractivity contribution in [3.05, 3.63) is 53.2 Å². The number of carbonyl (C=O) groups excluding carboxylic acids is 1. The summed E-state index contributed by atoms with van der Waals surface area (Å²) in [6.07, 6.45) is 1.29. The SMILES string of the molecule is O=C(c1cc(-c2ccccn2)ccc1Cl)N1CC(O)C1. The Labute approximate surface area is 121 Å². The smallest absolute Gasteiger partial charge is 0.255 e. The zero-order valence-corrected chi connectivity index (χ0v) is 11.4. The van der Waals surface area contributed by atoms with Gasteiger partial charge in [0.05, 0.1) is 22.4 Å². The van der Waals surface area contributed by atoms with Crippen LogP contribution in [0.2, 0.25) is 5.02 Å². The minimum atomic E-state index is -0.420. The first-order valence-corrected chi connectivity index (χ1v) is 6.71. The van der Waals surface area contributed by atoms with Gasteiger partial charge >= 0.3 is 0 Å². The lowest BCUT2D eigenvalue weighted by Crippen LogP contribution is -2.53. The molecule has 0 atom stereocenters. The lowest BCUT2D eigenvalue weighted by molar-refractivity contribution is 0.00591. The number of hydrogen-bond donors (Lipinski definition) is 1. The fourth-order valence-corrected chi connectivity index (χ4v) is 2.37. The number of β-amino-alcohol motifs (C(OH)–C–C–N with tert-alkyl or cyclic N) is 1. The molecule has 1 aliphatic rings. The highest BCUT2D eigenvalue weighted by atomic mass is 35.5. The Morgan fingerprint density at radius 1 is 1.30 bits per heavy atom. The topological polar surface area (TPSA) is 53.4 Å². The van der Waals surface area contributed by atoms with E-state index < -0.39 is 6.10 Å². The quantitative estimate of drug-likeness (QED) is 0.922. The minimum Gasteiger partial charge on any atom is -0.389 e. The van der Waals surface area contributed by atoms with E-state index in [1.54, 1.807) is 23.2 Å². The molecular formula is C15H13ClN2O2. The molecule has 1 saturated heterocycles. The number of amides is 1. The molecule has 1 aromatic heterocycles. The first-order valence-electron chi connectivity index (χ1n) is 6.33. The van der Waals surface area contributed by atoms with Crippen molar-refractivity contribution in [2.45, 2.75) is 6.10 Å². The van der Waals surface area contributed by atoms with Gasteiger partial charge in [0.25, 0.3) is 5.91 Å². The number of hydrogen-bond acceptors (Lipinski definition) is 3. The minimum absolute atomic E-state index is 0.155. The summed E-state index contributed by atoms with van der Waals surface area (Å²) in [5.74, 6) is -0.155. The largest absolute Gasteiger partial charge is 0.389 e. The van der Waals surface area contributed by atoms with Crippen molar-refractivity contribution in [3.8, 4) is 11.3 Å². The average molecular weight is 289 g/mol. The van der Waals surface area contributed by atoms with Crippen LogP contribution < -0.4 is 0 Å². The van der Waals surface area contributed by atoms with Gasteiger partial charge in [-0.05, 0) is 24.3 Å². The van der Waals surface area contributed by atoms with Crippen molar-refractivity contribution in [1.82, 2.24) is 9.88 Å². The van der Waals surface area contributed by atoms with Gasteiger partial charge in [-0.15, -0.1) is 0 Å². The molecule has 4 nitrogen and oxygen atoms in total. The van der Waals surface area contributed by atoms with E-state index in [2.05, 4.69) is 4.98 Å². The highest BCUT2D eigenvalue weighted by molar-refractivity contribution is 6.34. The van der Waals surface area contributed by atoms with Gasteiger partial charge in [0.1, 0.15) is 0 Å². The second-order valence-electron chi connectivity index (χ2n) is 4.77. The van der Waals surface area contributed by atoms with Gasteiger partial charge in [0, 0.05) is 24.8 Å². The van der Waals surface area contributed by atoms with Crippen LogP contribution in [0.1, 0.15) is 10.4 Å². The number of aliphatic hydroxyl groups is 1. The van der Waals surface area contributed by atoms with Crippen LogP contribution in [-0.2, 0) is 0 Å². The van der Waals surface area contributed by atoms with Gasteiger partial charge in [-0.3, -0.25) is 9.78 Å². The van der Waals surface area contributed by atoms with E-state index in [0.717, 1.165) is 11.3 Å². The summed E-state index contributed by atoms with van der Waals surface area (Å²) in [7, 11) is 0. The summed E-state index contributed by atoms with van der Waals surface area (Å²) in [6, 6.07) is 10.9. The summed E-state index contributed by atoms with van der Waals surface area (Å²) < 4.78 is 0. The van der Waals surface area contributed by atoms with Crippen molar-refractivity contribution >= 4 is 17.5 Å². The van der Waals surface area contributed by atoms with E-state index in [4.69, 9.17) is 11.6 Å². The van der Waals surface area contributed by atoms with E-state index in [9.17, 15) is 9.90 Å². The average Bonchev–Trinajstić information content (AvgIpc) is 2.45.